The van der Waals surface area contributed by atoms with Gasteiger partial charge in [-0.2, -0.15) is 0 Å². The van der Waals surface area contributed by atoms with Gasteiger partial charge < -0.3 is 9.47 Å². The molecule has 0 bridgehead atoms. The zero-order valence-corrected chi connectivity index (χ0v) is 10.2. The fourth-order valence-corrected chi connectivity index (χ4v) is 2.81. The first kappa shape index (κ1) is 12.1. The van der Waals surface area contributed by atoms with E-state index in [4.69, 9.17) is 0 Å². The quantitative estimate of drug-likeness (QED) is 0.603. The van der Waals surface area contributed by atoms with Crippen LogP contribution in [-0.4, -0.2) is 32.4 Å². The lowest BCUT2D eigenvalue weighted by molar-refractivity contribution is 0.0596. The van der Waals surface area contributed by atoms with Crippen molar-refractivity contribution in [1.29, 1.82) is 0 Å². The molecule has 0 aliphatic carbocycles. The van der Waals surface area contributed by atoms with Gasteiger partial charge in [-0.3, -0.25) is 0 Å². The molecular weight excluding hydrogens is 236 g/mol. The molecule has 0 aromatic carbocycles. The van der Waals surface area contributed by atoms with Crippen molar-refractivity contribution in [3.63, 3.8) is 0 Å². The van der Waals surface area contributed by atoms with Crippen LogP contribution in [0, 0.1) is 0 Å². The zero-order chi connectivity index (χ0) is 11.4. The molecule has 15 heavy (non-hydrogen) atoms. The van der Waals surface area contributed by atoms with Crippen molar-refractivity contribution in [3.8, 4) is 0 Å². The van der Waals surface area contributed by atoms with Crippen LogP contribution < -0.4 is 0 Å². The lowest BCUT2D eigenvalue weighted by Gasteiger charge is -1.96. The van der Waals surface area contributed by atoms with Gasteiger partial charge in [0.25, 0.3) is 0 Å². The van der Waals surface area contributed by atoms with Gasteiger partial charge in [0.15, 0.2) is 0 Å². The Kier molecular flexibility index (Phi) is 4.16. The Morgan fingerprint density at radius 2 is 1.87 bits per heavy atom. The second-order valence-electron chi connectivity index (χ2n) is 2.49. The highest BCUT2D eigenvalue weighted by Crippen LogP contribution is 2.30. The summed E-state index contributed by atoms with van der Waals surface area (Å²) in [5, 5.41) is 0. The molecule has 0 aliphatic rings. The monoisotopic (exact) mass is 246 g/mol. The molecule has 82 valence electrons. The molecule has 0 fully saturated rings. The molecule has 1 aromatic heterocycles. The fourth-order valence-electron chi connectivity index (χ4n) is 0.962. The van der Waals surface area contributed by atoms with Crippen LogP contribution in [0.15, 0.2) is 11.0 Å². The fraction of sp³-hybridized carbons (Fsp3) is 0.333. The number of hydrogen-bond acceptors (Lipinski definition) is 6. The number of ether oxygens (including phenoxy) is 2. The van der Waals surface area contributed by atoms with Gasteiger partial charge in [-0.25, -0.2) is 9.59 Å². The summed E-state index contributed by atoms with van der Waals surface area (Å²) in [4.78, 5) is 24.1. The molecule has 0 amide bonds. The largest absolute Gasteiger partial charge is 0.465 e. The van der Waals surface area contributed by atoms with Crippen molar-refractivity contribution < 1.29 is 19.1 Å². The molecule has 6 heteroatoms. The molecule has 0 atom stereocenters. The van der Waals surface area contributed by atoms with Crippen molar-refractivity contribution in [2.75, 3.05) is 20.5 Å². The third kappa shape index (κ3) is 2.51. The van der Waals surface area contributed by atoms with E-state index in [1.54, 1.807) is 6.07 Å². The van der Waals surface area contributed by atoms with Crippen molar-refractivity contribution in [2.24, 2.45) is 0 Å². The summed E-state index contributed by atoms with van der Waals surface area (Å²) in [6.45, 7) is 0. The maximum atomic E-state index is 11.3. The molecular formula is C9H10O4S2. The molecule has 0 saturated heterocycles. The number of methoxy groups -OCH3 is 2. The van der Waals surface area contributed by atoms with E-state index in [9.17, 15) is 9.59 Å². The highest BCUT2D eigenvalue weighted by molar-refractivity contribution is 7.98. The van der Waals surface area contributed by atoms with E-state index in [1.165, 1.54) is 26.0 Å². The third-order valence-corrected chi connectivity index (χ3v) is 3.66. The zero-order valence-electron chi connectivity index (χ0n) is 8.53. The standard InChI is InChI=1S/C9H10O4S2/c1-12-8(10)6-4-5(14-3)7(15-6)9(11)13-2/h4H,1-3H3. The maximum absolute atomic E-state index is 11.3. The van der Waals surface area contributed by atoms with E-state index in [1.807, 2.05) is 6.26 Å². The van der Waals surface area contributed by atoms with E-state index in [0.29, 0.717) is 9.75 Å². The summed E-state index contributed by atoms with van der Waals surface area (Å²) >= 11 is 2.47. The molecule has 0 spiro atoms. The van der Waals surface area contributed by atoms with Crippen molar-refractivity contribution in [3.05, 3.63) is 15.8 Å². The van der Waals surface area contributed by atoms with Gasteiger partial charge >= 0.3 is 11.9 Å². The van der Waals surface area contributed by atoms with Crippen LogP contribution in [0.3, 0.4) is 0 Å². The van der Waals surface area contributed by atoms with Gasteiger partial charge in [0.05, 0.1) is 14.2 Å². The lowest BCUT2D eigenvalue weighted by atomic mass is 10.4. The molecule has 4 nitrogen and oxygen atoms in total. The van der Waals surface area contributed by atoms with Gasteiger partial charge in [-0.05, 0) is 12.3 Å². The Morgan fingerprint density at radius 1 is 1.27 bits per heavy atom. The summed E-state index contributed by atoms with van der Waals surface area (Å²) in [7, 11) is 2.61. The summed E-state index contributed by atoms with van der Waals surface area (Å²) in [6.07, 6.45) is 1.83. The van der Waals surface area contributed by atoms with Crippen LogP contribution in [-0.2, 0) is 9.47 Å². The van der Waals surface area contributed by atoms with E-state index >= 15 is 0 Å². The number of thiophene rings is 1. The molecule has 0 unspecified atom stereocenters. The van der Waals surface area contributed by atoms with Gasteiger partial charge in [-0.1, -0.05) is 0 Å². The van der Waals surface area contributed by atoms with Crippen molar-refractivity contribution in [2.45, 2.75) is 4.90 Å². The van der Waals surface area contributed by atoms with E-state index < -0.39 is 11.9 Å². The van der Waals surface area contributed by atoms with Crippen molar-refractivity contribution in [1.82, 2.24) is 0 Å². The van der Waals surface area contributed by atoms with Gasteiger partial charge in [0, 0.05) is 4.90 Å². The van der Waals surface area contributed by atoms with Crippen LogP contribution >= 0.6 is 23.1 Å². The SMILES string of the molecule is COC(=O)c1cc(SC)c(C(=O)OC)s1. The number of carbonyl (C=O) groups is 2. The number of esters is 2. The molecule has 0 N–H and O–H groups in total. The van der Waals surface area contributed by atoms with Crippen LogP contribution in [0.1, 0.15) is 19.3 Å². The number of hydrogen-bond donors (Lipinski definition) is 0. The minimum absolute atomic E-state index is 0.405. The minimum Gasteiger partial charge on any atom is -0.465 e. The number of rotatable bonds is 3. The van der Waals surface area contributed by atoms with Crippen LogP contribution in [0.2, 0.25) is 0 Å². The van der Waals surface area contributed by atoms with E-state index in [-0.39, 0.29) is 0 Å². The Bertz CT molecular complexity index is 383. The highest BCUT2D eigenvalue weighted by atomic mass is 32.2. The Morgan fingerprint density at radius 3 is 2.33 bits per heavy atom. The topological polar surface area (TPSA) is 52.6 Å². The first-order chi connectivity index (χ1) is 7.13. The predicted molar refractivity (Wildman–Crippen MR) is 58.8 cm³/mol. The number of thioether (sulfide) groups is 1. The summed E-state index contributed by atoms with van der Waals surface area (Å²) < 4.78 is 9.18. The molecule has 0 saturated carbocycles. The third-order valence-electron chi connectivity index (χ3n) is 1.68. The maximum Gasteiger partial charge on any atom is 0.349 e. The van der Waals surface area contributed by atoms with E-state index in [0.717, 1.165) is 16.2 Å². The van der Waals surface area contributed by atoms with Gasteiger partial charge in [0.1, 0.15) is 9.75 Å². The second-order valence-corrected chi connectivity index (χ2v) is 4.39. The Labute approximate surface area is 95.6 Å². The second kappa shape index (κ2) is 5.18. The first-order valence-electron chi connectivity index (χ1n) is 3.98. The van der Waals surface area contributed by atoms with Gasteiger partial charge in [0.2, 0.25) is 0 Å². The van der Waals surface area contributed by atoms with Crippen molar-refractivity contribution >= 4 is 35.0 Å². The first-order valence-corrected chi connectivity index (χ1v) is 6.02. The summed E-state index contributed by atoms with van der Waals surface area (Å²) in [5.41, 5.74) is 0. The Hall–Kier alpha value is -1.01. The molecule has 1 heterocycles. The van der Waals surface area contributed by atoms with Gasteiger partial charge in [-0.15, -0.1) is 23.1 Å². The van der Waals surface area contributed by atoms with E-state index in [2.05, 4.69) is 9.47 Å². The normalized spacial score (nSPS) is 9.80. The molecule has 0 radical (unpaired) electrons. The average Bonchev–Trinajstić information content (AvgIpc) is 2.70. The van der Waals surface area contributed by atoms with Crippen LogP contribution in [0.5, 0.6) is 0 Å². The molecule has 1 rings (SSSR count). The Balaban J connectivity index is 3.11. The summed E-state index contributed by atoms with van der Waals surface area (Å²) in [6, 6.07) is 1.63. The highest BCUT2D eigenvalue weighted by Gasteiger charge is 2.19. The van der Waals surface area contributed by atoms with Crippen LogP contribution in [0.25, 0.3) is 0 Å². The average molecular weight is 246 g/mol. The lowest BCUT2D eigenvalue weighted by Crippen LogP contribution is -1.99. The summed E-state index contributed by atoms with van der Waals surface area (Å²) in [5.74, 6) is -0.870. The van der Waals surface area contributed by atoms with Crippen LogP contribution in [0.4, 0.5) is 0 Å². The molecule has 1 aromatic rings. The predicted octanol–water partition coefficient (Wildman–Crippen LogP) is 2.04. The number of carbonyl (C=O) groups excluding carboxylic acids is 2. The smallest absolute Gasteiger partial charge is 0.349 e. The minimum atomic E-state index is -0.439. The molecule has 0 aliphatic heterocycles.